The summed E-state index contributed by atoms with van der Waals surface area (Å²) in [7, 11) is 0. The minimum atomic E-state index is 0.564. The lowest BCUT2D eigenvalue weighted by molar-refractivity contribution is 0.602. The molecule has 4 heterocycles. The molecule has 0 spiro atoms. The topological polar surface area (TPSA) is 56.0 Å². The molecule has 5 nitrogen and oxygen atoms in total. The summed E-state index contributed by atoms with van der Waals surface area (Å²) in [6.07, 6.45) is 7.24. The van der Waals surface area contributed by atoms with Gasteiger partial charge in [-0.15, -0.1) is 16.4 Å². The molecule has 4 aromatic rings. The summed E-state index contributed by atoms with van der Waals surface area (Å²) in [4.78, 5) is 16.4. The molecule has 1 atom stereocenters. The molecule has 0 saturated carbocycles. The van der Waals surface area contributed by atoms with Gasteiger partial charge in [-0.3, -0.25) is 4.98 Å². The third-order valence-corrected chi connectivity index (χ3v) is 6.02. The highest BCUT2D eigenvalue weighted by atomic mass is 32.1. The van der Waals surface area contributed by atoms with Crippen molar-refractivity contribution >= 4 is 27.2 Å². The van der Waals surface area contributed by atoms with Crippen LogP contribution in [0.4, 0.5) is 0 Å². The number of hydrogen-bond acceptors (Lipinski definition) is 5. The van der Waals surface area contributed by atoms with Crippen LogP contribution < -0.4 is 0 Å². The van der Waals surface area contributed by atoms with Crippen LogP contribution in [0.25, 0.3) is 27.3 Å². The van der Waals surface area contributed by atoms with Crippen LogP contribution >= 0.6 is 11.3 Å². The van der Waals surface area contributed by atoms with Crippen LogP contribution in [0.2, 0.25) is 0 Å². The van der Waals surface area contributed by atoms with Crippen molar-refractivity contribution in [2.24, 2.45) is 0 Å². The quantitative estimate of drug-likeness (QED) is 0.524. The van der Waals surface area contributed by atoms with Crippen molar-refractivity contribution < 1.29 is 0 Å². The lowest BCUT2D eigenvalue weighted by atomic mass is 9.87. The molecule has 0 fully saturated rings. The first-order valence-corrected chi connectivity index (χ1v) is 9.13. The Hall–Kier alpha value is -2.34. The molecule has 1 aliphatic rings. The molecule has 1 aliphatic carbocycles. The average molecular weight is 335 g/mol. The van der Waals surface area contributed by atoms with Gasteiger partial charge in [0.05, 0.1) is 5.39 Å². The number of thiophene rings is 1. The summed E-state index contributed by atoms with van der Waals surface area (Å²) >= 11 is 1.83. The van der Waals surface area contributed by atoms with Crippen LogP contribution in [0.3, 0.4) is 0 Å². The van der Waals surface area contributed by atoms with Crippen LogP contribution in [-0.2, 0) is 6.42 Å². The summed E-state index contributed by atoms with van der Waals surface area (Å²) in [5.41, 5.74) is 3.32. The number of rotatable bonds is 1. The summed E-state index contributed by atoms with van der Waals surface area (Å²) in [6, 6.07) is 3.91. The van der Waals surface area contributed by atoms with Crippen molar-refractivity contribution in [1.82, 2.24) is 24.6 Å². The van der Waals surface area contributed by atoms with Gasteiger partial charge in [0, 0.05) is 22.8 Å². The van der Waals surface area contributed by atoms with E-state index in [0.717, 1.165) is 28.3 Å². The van der Waals surface area contributed by atoms with Crippen LogP contribution in [0, 0.1) is 6.92 Å². The molecule has 24 heavy (non-hydrogen) atoms. The molecule has 5 rings (SSSR count). The highest BCUT2D eigenvalue weighted by Crippen LogP contribution is 2.43. The second kappa shape index (κ2) is 5.08. The molecule has 0 radical (unpaired) electrons. The number of aryl methyl sites for hydroxylation is 2. The van der Waals surface area contributed by atoms with E-state index < -0.39 is 0 Å². The van der Waals surface area contributed by atoms with Gasteiger partial charge in [-0.2, -0.15) is 4.52 Å². The SMILES string of the molecule is Cc1nc2sc3c(c2c2nc(-c4cccnc4)nn12)C(C)CCC3. The Labute approximate surface area is 143 Å². The normalized spacial score (nSPS) is 17.5. The monoisotopic (exact) mass is 335 g/mol. The Morgan fingerprint density at radius 3 is 3.04 bits per heavy atom. The van der Waals surface area contributed by atoms with E-state index >= 15 is 0 Å². The van der Waals surface area contributed by atoms with Crippen molar-refractivity contribution in [2.45, 2.75) is 39.0 Å². The number of pyridine rings is 1. The minimum Gasteiger partial charge on any atom is -0.264 e. The van der Waals surface area contributed by atoms with Crippen molar-refractivity contribution in [1.29, 1.82) is 0 Å². The zero-order valence-corrected chi connectivity index (χ0v) is 14.5. The number of aromatic nitrogens is 5. The molecule has 0 amide bonds. The lowest BCUT2D eigenvalue weighted by Crippen LogP contribution is -2.05. The average Bonchev–Trinajstić information content (AvgIpc) is 3.18. The zero-order chi connectivity index (χ0) is 16.3. The molecular weight excluding hydrogens is 318 g/mol. The van der Waals surface area contributed by atoms with Gasteiger partial charge in [0.15, 0.2) is 11.5 Å². The number of hydrogen-bond donors (Lipinski definition) is 0. The molecule has 0 N–H and O–H groups in total. The Bertz CT molecular complexity index is 1060. The van der Waals surface area contributed by atoms with E-state index in [1.54, 1.807) is 12.4 Å². The molecule has 0 aromatic carbocycles. The van der Waals surface area contributed by atoms with Gasteiger partial charge in [-0.25, -0.2) is 9.97 Å². The maximum atomic E-state index is 4.87. The van der Waals surface area contributed by atoms with Gasteiger partial charge in [0.25, 0.3) is 0 Å². The molecular formula is C18H17N5S. The van der Waals surface area contributed by atoms with E-state index in [0.29, 0.717) is 11.7 Å². The second-order valence-electron chi connectivity index (χ2n) is 6.48. The van der Waals surface area contributed by atoms with Crippen LogP contribution in [-0.4, -0.2) is 24.6 Å². The first kappa shape index (κ1) is 14.0. The van der Waals surface area contributed by atoms with Crippen LogP contribution in [0.15, 0.2) is 24.5 Å². The van der Waals surface area contributed by atoms with E-state index in [1.165, 1.54) is 28.7 Å². The van der Waals surface area contributed by atoms with Crippen molar-refractivity contribution in [3.8, 4) is 11.4 Å². The predicted molar refractivity (Wildman–Crippen MR) is 95.5 cm³/mol. The van der Waals surface area contributed by atoms with E-state index in [2.05, 4.69) is 11.9 Å². The minimum absolute atomic E-state index is 0.564. The molecule has 0 saturated heterocycles. The van der Waals surface area contributed by atoms with E-state index in [4.69, 9.17) is 15.1 Å². The highest BCUT2D eigenvalue weighted by Gasteiger charge is 2.26. The van der Waals surface area contributed by atoms with Crippen molar-refractivity contribution in [2.75, 3.05) is 0 Å². The Morgan fingerprint density at radius 2 is 2.21 bits per heavy atom. The van der Waals surface area contributed by atoms with E-state index in [9.17, 15) is 0 Å². The van der Waals surface area contributed by atoms with E-state index in [1.807, 2.05) is 34.9 Å². The summed E-state index contributed by atoms with van der Waals surface area (Å²) < 4.78 is 1.89. The summed E-state index contributed by atoms with van der Waals surface area (Å²) in [6.45, 7) is 4.31. The first-order valence-electron chi connectivity index (χ1n) is 8.31. The second-order valence-corrected chi connectivity index (χ2v) is 7.57. The van der Waals surface area contributed by atoms with Gasteiger partial charge in [0.2, 0.25) is 0 Å². The molecule has 0 bridgehead atoms. The van der Waals surface area contributed by atoms with E-state index in [-0.39, 0.29) is 0 Å². The van der Waals surface area contributed by atoms with Crippen molar-refractivity contribution in [3.05, 3.63) is 40.8 Å². The smallest absolute Gasteiger partial charge is 0.183 e. The summed E-state index contributed by atoms with van der Waals surface area (Å²) in [5.74, 6) is 2.16. The fourth-order valence-electron chi connectivity index (χ4n) is 3.70. The largest absolute Gasteiger partial charge is 0.264 e. The molecule has 6 heteroatoms. The van der Waals surface area contributed by atoms with Gasteiger partial charge in [-0.05, 0) is 49.8 Å². The van der Waals surface area contributed by atoms with Crippen LogP contribution in [0.1, 0.15) is 41.9 Å². The highest BCUT2D eigenvalue weighted by molar-refractivity contribution is 7.19. The fraction of sp³-hybridized carbons (Fsp3) is 0.333. The fourth-order valence-corrected chi connectivity index (χ4v) is 5.08. The number of nitrogens with zero attached hydrogens (tertiary/aromatic N) is 5. The van der Waals surface area contributed by atoms with Gasteiger partial charge >= 0.3 is 0 Å². The molecule has 120 valence electrons. The zero-order valence-electron chi connectivity index (χ0n) is 13.7. The van der Waals surface area contributed by atoms with Gasteiger partial charge in [0.1, 0.15) is 10.7 Å². The third-order valence-electron chi connectivity index (χ3n) is 4.86. The Morgan fingerprint density at radius 1 is 1.29 bits per heavy atom. The Balaban J connectivity index is 1.86. The van der Waals surface area contributed by atoms with Gasteiger partial charge in [-0.1, -0.05) is 6.92 Å². The summed E-state index contributed by atoms with van der Waals surface area (Å²) in [5, 5.41) is 5.90. The first-order chi connectivity index (χ1) is 11.7. The maximum Gasteiger partial charge on any atom is 0.183 e. The molecule has 1 unspecified atom stereocenters. The Kier molecular flexibility index (Phi) is 2.97. The third kappa shape index (κ3) is 1.92. The molecule has 0 aliphatic heterocycles. The standard InChI is InChI=1S/C18H17N5S/c1-10-5-3-7-13-14(10)15-17-21-16(12-6-4-8-19-9-12)22-23(17)11(2)20-18(15)24-13/h4,6,8-10H,3,5,7H2,1-2H3. The number of fused-ring (bicyclic) bond motifs is 5. The lowest BCUT2D eigenvalue weighted by Gasteiger charge is -2.18. The van der Waals surface area contributed by atoms with Crippen molar-refractivity contribution in [3.63, 3.8) is 0 Å². The maximum absolute atomic E-state index is 4.87. The predicted octanol–water partition coefficient (Wildman–Crippen LogP) is 4.15. The van der Waals surface area contributed by atoms with Crippen LogP contribution in [0.5, 0.6) is 0 Å². The molecule has 4 aromatic heterocycles. The van der Waals surface area contributed by atoms with Gasteiger partial charge < -0.3 is 0 Å².